The molecule has 6 heteroatoms. The Hall–Kier alpha value is -1.14. The van der Waals surface area contributed by atoms with Crippen LogP contribution in [0.4, 0.5) is 0 Å². The average molecular weight is 312 g/mol. The highest BCUT2D eigenvalue weighted by atomic mass is 32.2. The number of aromatic nitrogens is 2. The van der Waals surface area contributed by atoms with Gasteiger partial charge in [0.25, 0.3) is 0 Å². The molecule has 1 N–H and O–H groups in total. The fourth-order valence-corrected chi connectivity index (χ4v) is 3.28. The highest BCUT2D eigenvalue weighted by molar-refractivity contribution is 7.91. The number of aromatic amines is 1. The molecule has 0 aliphatic rings. The first-order valence-electron chi connectivity index (χ1n) is 6.51. The Morgan fingerprint density at radius 3 is 2.50 bits per heavy atom. The smallest absolute Gasteiger partial charge is 0.178 e. The zero-order chi connectivity index (χ0) is 15.1. The summed E-state index contributed by atoms with van der Waals surface area (Å²) in [6.07, 6.45) is 2.18. The molecule has 2 aromatic rings. The van der Waals surface area contributed by atoms with Crippen LogP contribution in [0.25, 0.3) is 11.0 Å². The number of hydrogen-bond donors (Lipinski definition) is 1. The van der Waals surface area contributed by atoms with Crippen LogP contribution in [0.1, 0.15) is 27.2 Å². The number of fused-ring (bicyclic) bond motifs is 1. The van der Waals surface area contributed by atoms with Gasteiger partial charge in [0.05, 0.1) is 15.9 Å². The number of aryl methyl sites for hydroxylation is 1. The first-order chi connectivity index (χ1) is 9.09. The number of rotatable bonds is 3. The number of hydrogen-bond acceptors (Lipinski definition) is 3. The summed E-state index contributed by atoms with van der Waals surface area (Å²) < 4.78 is 26.2. The molecule has 1 heterocycles. The Balaban J connectivity index is 2.59. The lowest BCUT2D eigenvalue weighted by atomic mass is 9.92. The summed E-state index contributed by atoms with van der Waals surface area (Å²) in [5.41, 5.74) is 1.66. The number of sulfone groups is 1. The lowest BCUT2D eigenvalue weighted by Gasteiger charge is -2.18. The van der Waals surface area contributed by atoms with Gasteiger partial charge in [0.15, 0.2) is 14.6 Å². The Labute approximate surface area is 124 Å². The minimum atomic E-state index is -3.27. The minimum absolute atomic E-state index is 0.201. The standard InChI is InChI=1S/C14H20N2O2S2/c1-14(2,3)8-9-16-10-6-5-7-11(20(4,17)18)12(10)15-13(16)19/h5-7H,8-9H2,1-4H3,(H,15,19). The molecule has 0 saturated heterocycles. The number of para-hydroxylation sites is 1. The average Bonchev–Trinajstić information content (AvgIpc) is 2.59. The van der Waals surface area contributed by atoms with Crippen molar-refractivity contribution in [2.45, 2.75) is 38.6 Å². The second kappa shape index (κ2) is 5.00. The molecule has 0 saturated carbocycles. The van der Waals surface area contributed by atoms with Crippen molar-refractivity contribution in [3.63, 3.8) is 0 Å². The topological polar surface area (TPSA) is 54.9 Å². The molecular formula is C14H20N2O2S2. The molecule has 0 aliphatic heterocycles. The van der Waals surface area contributed by atoms with Gasteiger partial charge in [-0.2, -0.15) is 0 Å². The molecule has 1 aromatic heterocycles. The Morgan fingerprint density at radius 1 is 1.30 bits per heavy atom. The largest absolute Gasteiger partial charge is 0.329 e. The van der Waals surface area contributed by atoms with E-state index >= 15 is 0 Å². The van der Waals surface area contributed by atoms with Gasteiger partial charge in [0.2, 0.25) is 0 Å². The van der Waals surface area contributed by atoms with Gasteiger partial charge in [0, 0.05) is 12.8 Å². The van der Waals surface area contributed by atoms with Crippen LogP contribution < -0.4 is 0 Å². The fourth-order valence-electron chi connectivity index (χ4n) is 2.13. The Bertz CT molecular complexity index is 793. The first kappa shape index (κ1) is 15.3. The third-order valence-corrected chi connectivity index (χ3v) is 4.72. The van der Waals surface area contributed by atoms with Crippen LogP contribution in [0.5, 0.6) is 0 Å². The van der Waals surface area contributed by atoms with Gasteiger partial charge in [0.1, 0.15) is 0 Å². The molecule has 0 radical (unpaired) electrons. The molecule has 1 aromatic carbocycles. The van der Waals surface area contributed by atoms with Crippen molar-refractivity contribution < 1.29 is 8.42 Å². The van der Waals surface area contributed by atoms with Crippen LogP contribution in [0.2, 0.25) is 0 Å². The van der Waals surface area contributed by atoms with Gasteiger partial charge in [-0.05, 0) is 36.2 Å². The van der Waals surface area contributed by atoms with Gasteiger partial charge in [-0.25, -0.2) is 8.42 Å². The van der Waals surface area contributed by atoms with E-state index < -0.39 is 9.84 Å². The van der Waals surface area contributed by atoms with Gasteiger partial charge in [-0.3, -0.25) is 0 Å². The summed E-state index contributed by atoms with van der Waals surface area (Å²) in [4.78, 5) is 3.34. The predicted molar refractivity (Wildman–Crippen MR) is 84.3 cm³/mol. The lowest BCUT2D eigenvalue weighted by Crippen LogP contribution is -2.10. The molecule has 110 valence electrons. The number of benzene rings is 1. The molecule has 2 rings (SSSR count). The predicted octanol–water partition coefficient (Wildman–Crippen LogP) is 3.54. The SMILES string of the molecule is CC(C)(C)CCn1c(=S)[nH]c2c(S(C)(=O)=O)cccc21. The van der Waals surface area contributed by atoms with Gasteiger partial charge >= 0.3 is 0 Å². The summed E-state index contributed by atoms with van der Waals surface area (Å²) in [5.74, 6) is 0. The first-order valence-corrected chi connectivity index (χ1v) is 8.81. The maximum atomic E-state index is 11.8. The maximum absolute atomic E-state index is 11.8. The van der Waals surface area contributed by atoms with Crippen LogP contribution in [-0.2, 0) is 16.4 Å². The highest BCUT2D eigenvalue weighted by Gasteiger charge is 2.17. The van der Waals surface area contributed by atoms with E-state index in [1.54, 1.807) is 12.1 Å². The molecule has 0 bridgehead atoms. The second-order valence-corrected chi connectivity index (χ2v) is 8.69. The molecule has 0 spiro atoms. The third-order valence-electron chi connectivity index (χ3n) is 3.26. The number of nitrogens with one attached hydrogen (secondary N) is 1. The lowest BCUT2D eigenvalue weighted by molar-refractivity contribution is 0.352. The molecule has 0 amide bonds. The Kier molecular flexibility index (Phi) is 3.81. The van der Waals surface area contributed by atoms with Crippen LogP contribution >= 0.6 is 12.2 Å². The van der Waals surface area contributed by atoms with Crippen LogP contribution in [0.15, 0.2) is 23.1 Å². The van der Waals surface area contributed by atoms with E-state index in [-0.39, 0.29) is 5.41 Å². The molecule has 0 unspecified atom stereocenters. The Morgan fingerprint density at radius 2 is 1.95 bits per heavy atom. The zero-order valence-corrected chi connectivity index (χ0v) is 13.9. The van der Waals surface area contributed by atoms with Crippen molar-refractivity contribution in [2.24, 2.45) is 5.41 Å². The van der Waals surface area contributed by atoms with E-state index in [1.807, 2.05) is 10.6 Å². The van der Waals surface area contributed by atoms with Crippen molar-refractivity contribution in [2.75, 3.05) is 6.26 Å². The molecule has 4 nitrogen and oxygen atoms in total. The van der Waals surface area contributed by atoms with Crippen molar-refractivity contribution >= 4 is 33.1 Å². The van der Waals surface area contributed by atoms with Gasteiger partial charge < -0.3 is 9.55 Å². The maximum Gasteiger partial charge on any atom is 0.178 e. The van der Waals surface area contributed by atoms with Crippen molar-refractivity contribution in [1.29, 1.82) is 0 Å². The number of H-pyrrole nitrogens is 1. The monoisotopic (exact) mass is 312 g/mol. The number of nitrogens with zero attached hydrogens (tertiary/aromatic N) is 1. The van der Waals surface area contributed by atoms with Crippen LogP contribution in [0.3, 0.4) is 0 Å². The summed E-state index contributed by atoms with van der Waals surface area (Å²) in [5, 5.41) is 0. The van der Waals surface area contributed by atoms with Crippen LogP contribution in [-0.4, -0.2) is 24.2 Å². The molecule has 0 aliphatic carbocycles. The molecule has 20 heavy (non-hydrogen) atoms. The normalized spacial score (nSPS) is 13.0. The fraction of sp³-hybridized carbons (Fsp3) is 0.500. The second-order valence-electron chi connectivity index (χ2n) is 6.31. The summed E-state index contributed by atoms with van der Waals surface area (Å²) >= 11 is 5.34. The van der Waals surface area contributed by atoms with Crippen molar-refractivity contribution in [1.82, 2.24) is 9.55 Å². The van der Waals surface area contributed by atoms with E-state index in [9.17, 15) is 8.42 Å². The summed E-state index contributed by atoms with van der Waals surface area (Å²) in [6, 6.07) is 5.27. The third kappa shape index (κ3) is 3.12. The van der Waals surface area contributed by atoms with Gasteiger partial charge in [-0.1, -0.05) is 26.8 Å². The summed E-state index contributed by atoms with van der Waals surface area (Å²) in [6.45, 7) is 7.30. The van der Waals surface area contributed by atoms with Crippen molar-refractivity contribution in [3.05, 3.63) is 23.0 Å². The summed E-state index contributed by atoms with van der Waals surface area (Å²) in [7, 11) is -3.27. The van der Waals surface area contributed by atoms with Crippen LogP contribution in [0, 0.1) is 10.2 Å². The van der Waals surface area contributed by atoms with E-state index in [1.165, 1.54) is 6.26 Å². The van der Waals surface area contributed by atoms with Crippen molar-refractivity contribution in [3.8, 4) is 0 Å². The molecular weight excluding hydrogens is 292 g/mol. The molecule has 0 atom stereocenters. The zero-order valence-electron chi connectivity index (χ0n) is 12.2. The van der Waals surface area contributed by atoms with Gasteiger partial charge in [-0.15, -0.1) is 0 Å². The van der Waals surface area contributed by atoms with E-state index in [4.69, 9.17) is 12.2 Å². The highest BCUT2D eigenvalue weighted by Crippen LogP contribution is 2.25. The van der Waals surface area contributed by atoms with E-state index in [0.29, 0.717) is 15.2 Å². The van der Waals surface area contributed by atoms with E-state index in [2.05, 4.69) is 25.8 Å². The molecule has 0 fully saturated rings. The van der Waals surface area contributed by atoms with E-state index in [0.717, 1.165) is 18.5 Å². The number of imidazole rings is 1. The minimum Gasteiger partial charge on any atom is -0.329 e. The quantitative estimate of drug-likeness (QED) is 0.882.